The van der Waals surface area contributed by atoms with Gasteiger partial charge in [0.15, 0.2) is 5.15 Å². The minimum Gasteiger partial charge on any atom is -0.390 e. The number of hydrogen-bond acceptors (Lipinski definition) is 8. The van der Waals surface area contributed by atoms with Crippen molar-refractivity contribution in [3.8, 4) is 11.8 Å². The molecule has 0 aromatic carbocycles. The van der Waals surface area contributed by atoms with Crippen LogP contribution in [0.2, 0.25) is 5.15 Å². The molecule has 2 heterocycles. The summed E-state index contributed by atoms with van der Waals surface area (Å²) in [6.45, 7) is 1.92. The minimum atomic E-state index is -1.47. The van der Waals surface area contributed by atoms with E-state index in [0.29, 0.717) is 12.0 Å². The van der Waals surface area contributed by atoms with Crippen LogP contribution in [-0.2, 0) is 0 Å². The average molecular weight is 388 g/mol. The first-order valence-electron chi connectivity index (χ1n) is 8.43. The highest BCUT2D eigenvalue weighted by Crippen LogP contribution is 2.56. The number of aryl methyl sites for hydroxylation is 1. The summed E-state index contributed by atoms with van der Waals surface area (Å²) < 4.78 is 0. The molecule has 2 saturated carbocycles. The van der Waals surface area contributed by atoms with E-state index in [1.165, 1.54) is 0 Å². The molecule has 4 rings (SSSR count). The summed E-state index contributed by atoms with van der Waals surface area (Å²) in [5.41, 5.74) is 6.24. The number of aliphatic hydroxyl groups excluding tert-OH is 2. The van der Waals surface area contributed by atoms with E-state index in [2.05, 4.69) is 32.1 Å². The Labute approximate surface area is 160 Å². The predicted molar refractivity (Wildman–Crippen MR) is 98.9 cm³/mol. The lowest BCUT2D eigenvalue weighted by molar-refractivity contribution is -0.0262. The zero-order chi connectivity index (χ0) is 19.3. The van der Waals surface area contributed by atoms with Crippen LogP contribution in [0, 0.1) is 24.7 Å². The SMILES string of the molecule is Cc1ccncc1C#Cc1c(Cl)nc(N)nc1NC1CC2C(O)C2(O)C1O. The van der Waals surface area contributed by atoms with Crippen LogP contribution in [-0.4, -0.2) is 54.1 Å². The Balaban J connectivity index is 1.65. The summed E-state index contributed by atoms with van der Waals surface area (Å²) in [4.78, 5) is 12.1. The van der Waals surface area contributed by atoms with E-state index >= 15 is 0 Å². The van der Waals surface area contributed by atoms with Gasteiger partial charge in [0.25, 0.3) is 0 Å². The van der Waals surface area contributed by atoms with Gasteiger partial charge in [-0.25, -0.2) is 0 Å². The molecule has 2 aliphatic rings. The van der Waals surface area contributed by atoms with E-state index in [1.54, 1.807) is 12.4 Å². The van der Waals surface area contributed by atoms with Crippen molar-refractivity contribution in [3.05, 3.63) is 40.3 Å². The van der Waals surface area contributed by atoms with E-state index in [0.717, 1.165) is 11.1 Å². The van der Waals surface area contributed by atoms with E-state index in [4.69, 9.17) is 17.3 Å². The van der Waals surface area contributed by atoms with Crippen LogP contribution in [0.1, 0.15) is 23.1 Å². The number of anilines is 2. The van der Waals surface area contributed by atoms with Crippen molar-refractivity contribution in [2.45, 2.75) is 37.2 Å². The number of pyridine rings is 1. The largest absolute Gasteiger partial charge is 0.390 e. The van der Waals surface area contributed by atoms with E-state index in [1.807, 2.05) is 13.0 Å². The molecule has 0 bridgehead atoms. The highest BCUT2D eigenvalue weighted by molar-refractivity contribution is 6.31. The number of aliphatic hydroxyl groups is 3. The molecule has 0 spiro atoms. The Morgan fingerprint density at radius 1 is 1.30 bits per heavy atom. The number of nitrogen functional groups attached to an aromatic ring is 1. The molecule has 5 atom stereocenters. The summed E-state index contributed by atoms with van der Waals surface area (Å²) in [6, 6.07) is 1.33. The fourth-order valence-corrected chi connectivity index (χ4v) is 3.81. The molecule has 27 heavy (non-hydrogen) atoms. The van der Waals surface area contributed by atoms with Crippen molar-refractivity contribution in [2.24, 2.45) is 5.92 Å². The number of nitrogens with one attached hydrogen (secondary N) is 1. The topological polar surface area (TPSA) is 137 Å². The van der Waals surface area contributed by atoms with Crippen molar-refractivity contribution in [2.75, 3.05) is 11.1 Å². The normalized spacial score (nSPS) is 31.0. The summed E-state index contributed by atoms with van der Waals surface area (Å²) in [7, 11) is 0. The smallest absolute Gasteiger partial charge is 0.223 e. The highest BCUT2D eigenvalue weighted by atomic mass is 35.5. The third-order valence-corrected chi connectivity index (χ3v) is 5.54. The Kier molecular flexibility index (Phi) is 4.20. The number of fused-ring (bicyclic) bond motifs is 1. The molecule has 2 aromatic heterocycles. The van der Waals surface area contributed by atoms with Crippen molar-refractivity contribution in [3.63, 3.8) is 0 Å². The van der Waals surface area contributed by atoms with Gasteiger partial charge in [0.05, 0.1) is 12.1 Å². The number of rotatable bonds is 2. The second-order valence-electron chi connectivity index (χ2n) is 6.91. The first kappa shape index (κ1) is 17.9. The molecule has 9 heteroatoms. The maximum Gasteiger partial charge on any atom is 0.223 e. The number of aromatic nitrogens is 3. The zero-order valence-corrected chi connectivity index (χ0v) is 15.1. The van der Waals surface area contributed by atoms with E-state index < -0.39 is 23.9 Å². The lowest BCUT2D eigenvalue weighted by Crippen LogP contribution is -2.42. The van der Waals surface area contributed by atoms with Gasteiger partial charge in [-0.15, -0.1) is 0 Å². The number of halogens is 1. The molecule has 6 N–H and O–H groups in total. The molecule has 0 radical (unpaired) electrons. The molecule has 0 amide bonds. The zero-order valence-electron chi connectivity index (χ0n) is 14.4. The summed E-state index contributed by atoms with van der Waals surface area (Å²) >= 11 is 6.21. The van der Waals surface area contributed by atoms with Crippen LogP contribution in [0.3, 0.4) is 0 Å². The van der Waals surface area contributed by atoms with Crippen LogP contribution in [0.15, 0.2) is 18.5 Å². The molecule has 8 nitrogen and oxygen atoms in total. The van der Waals surface area contributed by atoms with Crippen molar-refractivity contribution < 1.29 is 15.3 Å². The van der Waals surface area contributed by atoms with Crippen molar-refractivity contribution >= 4 is 23.4 Å². The van der Waals surface area contributed by atoms with Crippen LogP contribution >= 0.6 is 11.6 Å². The second-order valence-corrected chi connectivity index (χ2v) is 7.26. The second kappa shape index (κ2) is 6.32. The quantitative estimate of drug-likeness (QED) is 0.361. The summed E-state index contributed by atoms with van der Waals surface area (Å²) in [6.07, 6.45) is 1.66. The first-order chi connectivity index (χ1) is 12.8. The van der Waals surface area contributed by atoms with Gasteiger partial charge in [0.2, 0.25) is 5.95 Å². The van der Waals surface area contributed by atoms with Crippen molar-refractivity contribution in [1.29, 1.82) is 0 Å². The van der Waals surface area contributed by atoms with Gasteiger partial charge in [0, 0.05) is 23.9 Å². The van der Waals surface area contributed by atoms with Gasteiger partial charge in [-0.3, -0.25) is 4.98 Å². The third-order valence-electron chi connectivity index (χ3n) is 5.27. The standard InChI is InChI=1S/C18H18ClN5O3/c1-8-4-5-21-7-9(8)2-3-10-15(19)23-17(20)24-16(10)22-12-6-11-13(25)18(11,27)14(12)26/h4-5,7,11-14,25-27H,6H2,1H3,(H3,20,22,23,24). The molecular formula is C18H18ClN5O3. The van der Waals surface area contributed by atoms with Gasteiger partial charge in [-0.1, -0.05) is 23.4 Å². The van der Waals surface area contributed by atoms with E-state index in [-0.39, 0.29) is 22.8 Å². The Bertz CT molecular complexity index is 975. The molecule has 140 valence electrons. The van der Waals surface area contributed by atoms with Crippen molar-refractivity contribution in [1.82, 2.24) is 15.0 Å². The maximum absolute atomic E-state index is 10.3. The minimum absolute atomic E-state index is 0.0398. The Hall–Kier alpha value is -2.44. The molecule has 2 fully saturated rings. The third kappa shape index (κ3) is 2.89. The van der Waals surface area contributed by atoms with Crippen LogP contribution in [0.4, 0.5) is 11.8 Å². The monoisotopic (exact) mass is 387 g/mol. The molecule has 2 aliphatic carbocycles. The van der Waals surface area contributed by atoms with Crippen LogP contribution in [0.25, 0.3) is 0 Å². The Morgan fingerprint density at radius 2 is 2.07 bits per heavy atom. The van der Waals surface area contributed by atoms with Gasteiger partial charge < -0.3 is 26.4 Å². The molecular weight excluding hydrogens is 370 g/mol. The predicted octanol–water partition coefficient (Wildman–Crippen LogP) is 0.0823. The molecule has 0 aliphatic heterocycles. The fourth-order valence-electron chi connectivity index (χ4n) is 3.59. The number of nitrogens with two attached hydrogens (primary N) is 1. The molecule has 0 saturated heterocycles. The van der Waals surface area contributed by atoms with Gasteiger partial charge in [-0.05, 0) is 25.0 Å². The Morgan fingerprint density at radius 3 is 2.74 bits per heavy atom. The number of nitrogens with zero attached hydrogens (tertiary/aromatic N) is 3. The fraction of sp³-hybridized carbons (Fsp3) is 0.389. The van der Waals surface area contributed by atoms with E-state index in [9.17, 15) is 15.3 Å². The highest BCUT2D eigenvalue weighted by Gasteiger charge is 2.74. The summed E-state index contributed by atoms with van der Waals surface area (Å²) in [5.74, 6) is 5.79. The van der Waals surface area contributed by atoms with Crippen LogP contribution in [0.5, 0.6) is 0 Å². The van der Waals surface area contributed by atoms with Crippen LogP contribution < -0.4 is 11.1 Å². The first-order valence-corrected chi connectivity index (χ1v) is 8.80. The lowest BCUT2D eigenvalue weighted by atomic mass is 10.1. The number of hydrogen-bond donors (Lipinski definition) is 5. The van der Waals surface area contributed by atoms with Gasteiger partial charge in [-0.2, -0.15) is 9.97 Å². The maximum atomic E-state index is 10.3. The lowest BCUT2D eigenvalue weighted by Gasteiger charge is -2.24. The van der Waals surface area contributed by atoms with Gasteiger partial charge in [0.1, 0.15) is 23.1 Å². The average Bonchev–Trinajstić information content (AvgIpc) is 3.03. The summed E-state index contributed by atoms with van der Waals surface area (Å²) in [5, 5.41) is 33.4. The van der Waals surface area contributed by atoms with Gasteiger partial charge >= 0.3 is 0 Å². The molecule has 2 aromatic rings. The molecule has 5 unspecified atom stereocenters.